The SMILES string of the molecule is CC(C)c1ccc(-c2nc(C(=O)ON3C(=O)c4ccccc4C3=O)cs2)cc1. The number of thiazole rings is 1. The summed E-state index contributed by atoms with van der Waals surface area (Å²) < 4.78 is 0. The molecule has 2 heterocycles. The lowest BCUT2D eigenvalue weighted by Crippen LogP contribution is -2.32. The highest BCUT2D eigenvalue weighted by atomic mass is 32.1. The van der Waals surface area contributed by atoms with Crippen molar-refractivity contribution in [1.29, 1.82) is 0 Å². The Kier molecular flexibility index (Phi) is 4.52. The van der Waals surface area contributed by atoms with Crippen LogP contribution < -0.4 is 0 Å². The predicted octanol–water partition coefficient (Wildman–Crippen LogP) is 4.30. The Balaban J connectivity index is 1.51. The molecule has 0 atom stereocenters. The second kappa shape index (κ2) is 7.01. The van der Waals surface area contributed by atoms with E-state index in [1.807, 2.05) is 24.3 Å². The molecule has 0 aliphatic carbocycles. The average Bonchev–Trinajstić information content (AvgIpc) is 3.29. The molecule has 0 saturated carbocycles. The van der Waals surface area contributed by atoms with Crippen LogP contribution in [0.5, 0.6) is 0 Å². The lowest BCUT2D eigenvalue weighted by molar-refractivity contribution is -0.0587. The summed E-state index contributed by atoms with van der Waals surface area (Å²) in [6.07, 6.45) is 0. The molecule has 28 heavy (non-hydrogen) atoms. The van der Waals surface area contributed by atoms with Crippen LogP contribution >= 0.6 is 11.3 Å². The number of benzene rings is 2. The van der Waals surface area contributed by atoms with Gasteiger partial charge in [0.2, 0.25) is 0 Å². The fourth-order valence-electron chi connectivity index (χ4n) is 2.89. The van der Waals surface area contributed by atoms with Crippen LogP contribution in [0.15, 0.2) is 53.9 Å². The van der Waals surface area contributed by atoms with Crippen LogP contribution in [0.3, 0.4) is 0 Å². The van der Waals surface area contributed by atoms with Crippen LogP contribution in [0.1, 0.15) is 56.5 Å². The van der Waals surface area contributed by atoms with Gasteiger partial charge in [0.05, 0.1) is 11.1 Å². The summed E-state index contributed by atoms with van der Waals surface area (Å²) in [5.74, 6) is -1.74. The molecule has 0 bridgehead atoms. The van der Waals surface area contributed by atoms with Gasteiger partial charge in [-0.3, -0.25) is 9.59 Å². The van der Waals surface area contributed by atoms with Gasteiger partial charge in [0.25, 0.3) is 11.8 Å². The van der Waals surface area contributed by atoms with Crippen molar-refractivity contribution in [2.75, 3.05) is 0 Å². The standard InChI is InChI=1S/C21H16N2O4S/c1-12(2)13-7-9-14(10-8-13)18-22-17(11-28-18)21(26)27-23-19(24)15-5-3-4-6-16(15)20(23)25/h3-12H,1-2H3. The quantitative estimate of drug-likeness (QED) is 0.619. The minimum absolute atomic E-state index is 0.0458. The van der Waals surface area contributed by atoms with Crippen molar-refractivity contribution in [1.82, 2.24) is 10.0 Å². The van der Waals surface area contributed by atoms with Gasteiger partial charge in [0.1, 0.15) is 5.01 Å². The Morgan fingerprint density at radius 3 is 2.18 bits per heavy atom. The summed E-state index contributed by atoms with van der Waals surface area (Å²) in [4.78, 5) is 46.3. The van der Waals surface area contributed by atoms with Gasteiger partial charge in [-0.25, -0.2) is 9.78 Å². The number of carbonyl (C=O) groups is 3. The van der Waals surface area contributed by atoms with Crippen molar-refractivity contribution >= 4 is 29.1 Å². The molecule has 0 radical (unpaired) electrons. The normalized spacial score (nSPS) is 13.2. The first-order valence-electron chi connectivity index (χ1n) is 8.71. The van der Waals surface area contributed by atoms with E-state index in [4.69, 9.17) is 4.84 Å². The molecule has 1 aliphatic rings. The zero-order chi connectivity index (χ0) is 19.8. The summed E-state index contributed by atoms with van der Waals surface area (Å²) in [7, 11) is 0. The second-order valence-electron chi connectivity index (χ2n) is 6.64. The third kappa shape index (κ3) is 3.10. The minimum atomic E-state index is -0.851. The summed E-state index contributed by atoms with van der Waals surface area (Å²) in [6, 6.07) is 14.3. The molecule has 0 saturated heterocycles. The molecule has 0 unspecified atom stereocenters. The Hall–Kier alpha value is -3.32. The summed E-state index contributed by atoms with van der Waals surface area (Å²) in [5.41, 5.74) is 2.57. The molecule has 2 amide bonds. The molecule has 0 fully saturated rings. The Labute approximate surface area is 165 Å². The van der Waals surface area contributed by atoms with E-state index in [2.05, 4.69) is 18.8 Å². The van der Waals surface area contributed by atoms with Gasteiger partial charge in [-0.15, -0.1) is 11.3 Å². The number of hydrogen-bond donors (Lipinski definition) is 0. The zero-order valence-electron chi connectivity index (χ0n) is 15.2. The van der Waals surface area contributed by atoms with Crippen molar-refractivity contribution in [3.8, 4) is 10.6 Å². The van der Waals surface area contributed by atoms with E-state index < -0.39 is 17.8 Å². The second-order valence-corrected chi connectivity index (χ2v) is 7.50. The van der Waals surface area contributed by atoms with Crippen LogP contribution in [-0.2, 0) is 4.84 Å². The largest absolute Gasteiger partial charge is 0.383 e. The maximum Gasteiger partial charge on any atom is 0.383 e. The van der Waals surface area contributed by atoms with E-state index >= 15 is 0 Å². The number of hydroxylamine groups is 2. The summed E-state index contributed by atoms with van der Waals surface area (Å²) >= 11 is 1.29. The van der Waals surface area contributed by atoms with Crippen LogP contribution in [0.2, 0.25) is 0 Å². The van der Waals surface area contributed by atoms with Gasteiger partial charge in [-0.2, -0.15) is 0 Å². The zero-order valence-corrected chi connectivity index (χ0v) is 16.0. The Morgan fingerprint density at radius 2 is 1.61 bits per heavy atom. The van der Waals surface area contributed by atoms with Crippen LogP contribution in [0.4, 0.5) is 0 Å². The van der Waals surface area contributed by atoms with Crippen LogP contribution in [-0.4, -0.2) is 27.8 Å². The van der Waals surface area contributed by atoms with Gasteiger partial charge < -0.3 is 4.84 Å². The van der Waals surface area contributed by atoms with Crippen molar-refractivity contribution in [3.05, 3.63) is 76.3 Å². The number of imide groups is 1. The maximum absolute atomic E-state index is 12.4. The number of aromatic nitrogens is 1. The van der Waals surface area contributed by atoms with E-state index in [1.54, 1.807) is 17.5 Å². The summed E-state index contributed by atoms with van der Waals surface area (Å²) in [5, 5.41) is 2.69. The van der Waals surface area contributed by atoms with Crippen LogP contribution in [0.25, 0.3) is 10.6 Å². The van der Waals surface area contributed by atoms with Gasteiger partial charge in [-0.1, -0.05) is 55.3 Å². The lowest BCUT2D eigenvalue weighted by atomic mass is 10.0. The molecule has 2 aromatic carbocycles. The monoisotopic (exact) mass is 392 g/mol. The molecule has 7 heteroatoms. The fourth-order valence-corrected chi connectivity index (χ4v) is 3.69. The van der Waals surface area contributed by atoms with E-state index in [0.717, 1.165) is 5.56 Å². The summed E-state index contributed by atoms with van der Waals surface area (Å²) in [6.45, 7) is 4.23. The topological polar surface area (TPSA) is 76.6 Å². The number of carbonyl (C=O) groups excluding carboxylic acids is 3. The number of fused-ring (bicyclic) bond motifs is 1. The van der Waals surface area contributed by atoms with Gasteiger partial charge in [0.15, 0.2) is 5.69 Å². The molecule has 1 aromatic heterocycles. The highest BCUT2D eigenvalue weighted by Gasteiger charge is 2.39. The molecule has 140 valence electrons. The predicted molar refractivity (Wildman–Crippen MR) is 104 cm³/mol. The molecule has 1 aliphatic heterocycles. The molecule has 0 spiro atoms. The molecule has 0 N–H and O–H groups in total. The maximum atomic E-state index is 12.4. The minimum Gasteiger partial charge on any atom is -0.322 e. The van der Waals surface area contributed by atoms with Crippen molar-refractivity contribution < 1.29 is 19.2 Å². The van der Waals surface area contributed by atoms with Crippen molar-refractivity contribution in [2.45, 2.75) is 19.8 Å². The first kappa shape index (κ1) is 18.1. The highest BCUT2D eigenvalue weighted by molar-refractivity contribution is 7.13. The third-order valence-corrected chi connectivity index (χ3v) is 5.36. The lowest BCUT2D eigenvalue weighted by Gasteiger charge is -2.11. The number of hydrogen-bond acceptors (Lipinski definition) is 6. The van der Waals surface area contributed by atoms with E-state index in [9.17, 15) is 14.4 Å². The first-order valence-corrected chi connectivity index (χ1v) is 9.59. The Bertz CT molecular complexity index is 1050. The van der Waals surface area contributed by atoms with Gasteiger partial charge in [-0.05, 0) is 23.6 Å². The molecular formula is C21H16N2O4S. The smallest absolute Gasteiger partial charge is 0.322 e. The number of rotatable bonds is 4. The van der Waals surface area contributed by atoms with Crippen molar-refractivity contribution in [2.24, 2.45) is 0 Å². The van der Waals surface area contributed by atoms with E-state index in [0.29, 0.717) is 16.0 Å². The van der Waals surface area contributed by atoms with Crippen LogP contribution in [0, 0.1) is 0 Å². The fraction of sp³-hybridized carbons (Fsp3) is 0.143. The van der Waals surface area contributed by atoms with Gasteiger partial charge >= 0.3 is 5.97 Å². The third-order valence-electron chi connectivity index (χ3n) is 4.47. The molecular weight excluding hydrogens is 376 g/mol. The van der Waals surface area contributed by atoms with E-state index in [-0.39, 0.29) is 16.8 Å². The average molecular weight is 392 g/mol. The van der Waals surface area contributed by atoms with Gasteiger partial charge in [0, 0.05) is 10.9 Å². The molecule has 6 nitrogen and oxygen atoms in total. The molecule has 3 aromatic rings. The highest BCUT2D eigenvalue weighted by Crippen LogP contribution is 2.27. The number of amides is 2. The Morgan fingerprint density at radius 1 is 1.00 bits per heavy atom. The first-order chi connectivity index (χ1) is 13.5. The van der Waals surface area contributed by atoms with E-state index in [1.165, 1.54) is 29.0 Å². The number of nitrogens with zero attached hydrogens (tertiary/aromatic N) is 2. The van der Waals surface area contributed by atoms with Crippen molar-refractivity contribution in [3.63, 3.8) is 0 Å². The molecule has 4 rings (SSSR count).